The Balaban J connectivity index is 1.41. The van der Waals surface area contributed by atoms with Gasteiger partial charge in [-0.25, -0.2) is 0 Å². The van der Waals surface area contributed by atoms with Gasteiger partial charge in [0, 0.05) is 12.3 Å². The average molecular weight is 346 g/mol. The number of carbonyl (C=O) groups excluding carboxylic acids is 1. The van der Waals surface area contributed by atoms with Gasteiger partial charge in [0.1, 0.15) is 12.4 Å². The Kier molecular flexibility index (Phi) is 7.12. The van der Waals surface area contributed by atoms with Crippen LogP contribution in [0.25, 0.3) is 0 Å². The maximum atomic E-state index is 12.2. The Labute approximate surface area is 150 Å². The van der Waals surface area contributed by atoms with Crippen LogP contribution in [-0.4, -0.2) is 49.8 Å². The Hall–Kier alpha value is -1.59. The molecule has 0 aromatic heterocycles. The van der Waals surface area contributed by atoms with Crippen molar-refractivity contribution >= 4 is 11.6 Å². The third-order valence-corrected chi connectivity index (χ3v) is 4.91. The maximum Gasteiger partial charge on any atom is 0.238 e. The molecule has 0 radical (unpaired) electrons. The van der Waals surface area contributed by atoms with Crippen LogP contribution in [0.15, 0.2) is 24.3 Å². The molecule has 2 aliphatic rings. The van der Waals surface area contributed by atoms with Gasteiger partial charge < -0.3 is 14.8 Å². The van der Waals surface area contributed by atoms with Crippen LogP contribution < -0.4 is 10.1 Å². The van der Waals surface area contributed by atoms with E-state index in [9.17, 15) is 4.79 Å². The van der Waals surface area contributed by atoms with E-state index in [4.69, 9.17) is 9.47 Å². The van der Waals surface area contributed by atoms with E-state index < -0.39 is 0 Å². The van der Waals surface area contributed by atoms with Gasteiger partial charge in [-0.1, -0.05) is 12.8 Å². The maximum absolute atomic E-state index is 12.2. The molecule has 1 aromatic rings. The molecule has 1 aromatic carbocycles. The summed E-state index contributed by atoms with van der Waals surface area (Å²) in [6.45, 7) is 3.99. The van der Waals surface area contributed by atoms with Gasteiger partial charge in [-0.2, -0.15) is 0 Å². The zero-order chi connectivity index (χ0) is 17.3. The van der Waals surface area contributed by atoms with Gasteiger partial charge in [0.05, 0.1) is 12.6 Å². The number of carbonyl (C=O) groups is 1. The molecule has 3 rings (SSSR count). The molecule has 2 aliphatic heterocycles. The number of rotatable bonds is 6. The minimum absolute atomic E-state index is 0.0613. The van der Waals surface area contributed by atoms with Crippen molar-refractivity contribution in [3.05, 3.63) is 24.3 Å². The second-order valence-corrected chi connectivity index (χ2v) is 7.06. The molecular formula is C20H30N2O3. The second-order valence-electron chi connectivity index (χ2n) is 7.06. The molecule has 2 heterocycles. The van der Waals surface area contributed by atoms with Crippen LogP contribution >= 0.6 is 0 Å². The van der Waals surface area contributed by atoms with Crippen LogP contribution in [0.4, 0.5) is 5.69 Å². The van der Waals surface area contributed by atoms with Crippen LogP contribution in [0.1, 0.15) is 44.9 Å². The molecule has 138 valence electrons. The Morgan fingerprint density at radius 2 is 1.84 bits per heavy atom. The molecular weight excluding hydrogens is 316 g/mol. The summed E-state index contributed by atoms with van der Waals surface area (Å²) in [5, 5.41) is 2.98. The average Bonchev–Trinajstić information content (AvgIpc) is 2.90. The fraction of sp³-hybridized carbons (Fsp3) is 0.650. The molecule has 25 heavy (non-hydrogen) atoms. The standard InChI is InChI=1S/C20H30N2O3/c23-20(15-22-12-4-1-2-5-13-22)21-17-8-10-18(11-9-17)25-16-19-7-3-6-14-24-19/h8-11,19H,1-7,12-16H2,(H,21,23). The highest BCUT2D eigenvalue weighted by molar-refractivity contribution is 5.92. The smallest absolute Gasteiger partial charge is 0.238 e. The van der Waals surface area contributed by atoms with E-state index in [0.29, 0.717) is 13.2 Å². The summed E-state index contributed by atoms with van der Waals surface area (Å²) in [5.74, 6) is 0.880. The number of hydrogen-bond donors (Lipinski definition) is 1. The third-order valence-electron chi connectivity index (χ3n) is 4.91. The monoisotopic (exact) mass is 346 g/mol. The van der Waals surface area contributed by atoms with E-state index in [1.807, 2.05) is 24.3 Å². The van der Waals surface area contributed by atoms with Crippen LogP contribution in [0.5, 0.6) is 5.75 Å². The zero-order valence-electron chi connectivity index (χ0n) is 15.0. The molecule has 1 unspecified atom stereocenters. The number of hydrogen-bond acceptors (Lipinski definition) is 4. The normalized spacial score (nSPS) is 22.2. The first-order valence-corrected chi connectivity index (χ1v) is 9.66. The minimum Gasteiger partial charge on any atom is -0.491 e. The van der Waals surface area contributed by atoms with Gasteiger partial charge in [0.15, 0.2) is 0 Å². The van der Waals surface area contributed by atoms with E-state index in [2.05, 4.69) is 10.2 Å². The molecule has 2 saturated heterocycles. The summed E-state index contributed by atoms with van der Waals surface area (Å²) in [5.41, 5.74) is 0.820. The zero-order valence-corrected chi connectivity index (χ0v) is 15.0. The number of benzene rings is 1. The first-order valence-electron chi connectivity index (χ1n) is 9.66. The summed E-state index contributed by atoms with van der Waals surface area (Å²) in [4.78, 5) is 14.5. The van der Waals surface area contributed by atoms with Crippen molar-refractivity contribution in [3.8, 4) is 5.75 Å². The lowest BCUT2D eigenvalue weighted by molar-refractivity contribution is -0.117. The number of likely N-dealkylation sites (tertiary alicyclic amines) is 1. The topological polar surface area (TPSA) is 50.8 Å². The number of ether oxygens (including phenoxy) is 2. The van der Waals surface area contributed by atoms with Crippen molar-refractivity contribution in [2.24, 2.45) is 0 Å². The Bertz CT molecular complexity index is 518. The van der Waals surface area contributed by atoms with E-state index >= 15 is 0 Å². The SMILES string of the molecule is O=C(CN1CCCCCC1)Nc1ccc(OCC2CCCCO2)cc1. The van der Waals surface area contributed by atoms with Gasteiger partial charge in [-0.3, -0.25) is 9.69 Å². The van der Waals surface area contributed by atoms with Gasteiger partial charge in [0.25, 0.3) is 0 Å². The number of nitrogens with one attached hydrogen (secondary N) is 1. The van der Waals surface area contributed by atoms with E-state index in [1.54, 1.807) is 0 Å². The lowest BCUT2D eigenvalue weighted by Crippen LogP contribution is -2.33. The largest absolute Gasteiger partial charge is 0.491 e. The molecule has 0 spiro atoms. The van der Waals surface area contributed by atoms with E-state index in [1.165, 1.54) is 32.1 Å². The van der Waals surface area contributed by atoms with Crippen molar-refractivity contribution in [2.45, 2.75) is 51.0 Å². The highest BCUT2D eigenvalue weighted by Gasteiger charge is 2.15. The van der Waals surface area contributed by atoms with Crippen molar-refractivity contribution in [3.63, 3.8) is 0 Å². The summed E-state index contributed by atoms with van der Waals surface area (Å²) in [6, 6.07) is 7.61. The molecule has 5 nitrogen and oxygen atoms in total. The molecule has 0 saturated carbocycles. The number of nitrogens with zero attached hydrogens (tertiary/aromatic N) is 1. The number of anilines is 1. The van der Waals surface area contributed by atoms with E-state index in [0.717, 1.165) is 44.0 Å². The Morgan fingerprint density at radius 1 is 1.08 bits per heavy atom. The predicted molar refractivity (Wildman–Crippen MR) is 99.1 cm³/mol. The van der Waals surface area contributed by atoms with Crippen LogP contribution in [0.3, 0.4) is 0 Å². The third kappa shape index (κ3) is 6.33. The highest BCUT2D eigenvalue weighted by atomic mass is 16.5. The lowest BCUT2D eigenvalue weighted by atomic mass is 10.1. The fourth-order valence-corrected chi connectivity index (χ4v) is 3.46. The van der Waals surface area contributed by atoms with Gasteiger partial charge in [-0.05, 0) is 69.5 Å². The van der Waals surface area contributed by atoms with Crippen LogP contribution in [-0.2, 0) is 9.53 Å². The summed E-state index contributed by atoms with van der Waals surface area (Å²) < 4.78 is 11.5. The molecule has 1 N–H and O–H groups in total. The van der Waals surface area contributed by atoms with Gasteiger partial charge in [0.2, 0.25) is 5.91 Å². The molecule has 1 atom stereocenters. The van der Waals surface area contributed by atoms with Gasteiger partial charge in [-0.15, -0.1) is 0 Å². The predicted octanol–water partition coefficient (Wildman–Crippen LogP) is 3.45. The molecule has 1 amide bonds. The summed E-state index contributed by atoms with van der Waals surface area (Å²) in [6.07, 6.45) is 8.62. The quantitative estimate of drug-likeness (QED) is 0.857. The highest BCUT2D eigenvalue weighted by Crippen LogP contribution is 2.18. The fourth-order valence-electron chi connectivity index (χ4n) is 3.46. The van der Waals surface area contributed by atoms with Crippen molar-refractivity contribution in [1.29, 1.82) is 0 Å². The minimum atomic E-state index is 0.0613. The lowest BCUT2D eigenvalue weighted by Gasteiger charge is -2.22. The first-order chi connectivity index (χ1) is 12.3. The van der Waals surface area contributed by atoms with Crippen molar-refractivity contribution < 1.29 is 14.3 Å². The second kappa shape index (κ2) is 9.78. The van der Waals surface area contributed by atoms with Crippen LogP contribution in [0.2, 0.25) is 0 Å². The molecule has 2 fully saturated rings. The molecule has 5 heteroatoms. The number of amides is 1. The molecule has 0 bridgehead atoms. The van der Waals surface area contributed by atoms with E-state index in [-0.39, 0.29) is 12.0 Å². The van der Waals surface area contributed by atoms with Crippen LogP contribution in [0, 0.1) is 0 Å². The first kappa shape index (κ1) is 18.2. The summed E-state index contributed by atoms with van der Waals surface area (Å²) in [7, 11) is 0. The summed E-state index contributed by atoms with van der Waals surface area (Å²) >= 11 is 0. The van der Waals surface area contributed by atoms with Crippen molar-refractivity contribution in [1.82, 2.24) is 4.90 Å². The van der Waals surface area contributed by atoms with Crippen molar-refractivity contribution in [2.75, 3.05) is 38.2 Å². The Morgan fingerprint density at radius 3 is 2.52 bits per heavy atom. The van der Waals surface area contributed by atoms with Gasteiger partial charge >= 0.3 is 0 Å². The molecule has 0 aliphatic carbocycles.